The lowest BCUT2D eigenvalue weighted by molar-refractivity contribution is 0.144. The minimum atomic E-state index is -2.60. The van der Waals surface area contributed by atoms with E-state index < -0.39 is 6.43 Å². The fourth-order valence-electron chi connectivity index (χ4n) is 10.5. The molecular weight excluding hydrogens is 1070 g/mol. The van der Waals surface area contributed by atoms with E-state index in [2.05, 4.69) is 241 Å². The summed E-state index contributed by atoms with van der Waals surface area (Å²) in [4.78, 5) is 36.4. The summed E-state index contributed by atoms with van der Waals surface area (Å²) in [5.41, 5.74) is 19.2. The van der Waals surface area contributed by atoms with E-state index in [1.54, 1.807) is 6.92 Å². The molecular formula is C77H108F2N8. The molecule has 9 rings (SSSR count). The number of hydrogen-bond acceptors (Lipinski definition) is 8. The average molecular weight is 1180 g/mol. The van der Waals surface area contributed by atoms with Crippen molar-refractivity contribution in [3.63, 3.8) is 0 Å². The third-order valence-electron chi connectivity index (χ3n) is 16.0. The molecule has 470 valence electrons. The Morgan fingerprint density at radius 1 is 0.368 bits per heavy atom. The van der Waals surface area contributed by atoms with Gasteiger partial charge >= 0.3 is 0 Å². The van der Waals surface area contributed by atoms with Gasteiger partial charge in [0.05, 0.1) is 0 Å². The first-order valence-electron chi connectivity index (χ1n) is 30.2. The maximum Gasteiger partial charge on any atom is 0.280 e. The predicted octanol–water partition coefficient (Wildman–Crippen LogP) is 22.4. The van der Waals surface area contributed by atoms with Crippen molar-refractivity contribution >= 4 is 0 Å². The van der Waals surface area contributed by atoms with Crippen LogP contribution in [0.5, 0.6) is 0 Å². The molecule has 0 atom stereocenters. The number of benzene rings is 4. The van der Waals surface area contributed by atoms with Gasteiger partial charge in [0, 0.05) is 68.7 Å². The molecule has 1 saturated carbocycles. The number of halogens is 2. The lowest BCUT2D eigenvalue weighted by atomic mass is 9.86. The molecule has 0 spiro atoms. The summed E-state index contributed by atoms with van der Waals surface area (Å²) in [7, 11) is 0. The van der Waals surface area contributed by atoms with Gasteiger partial charge in [0.25, 0.3) is 6.43 Å². The van der Waals surface area contributed by atoms with E-state index in [0.29, 0.717) is 40.3 Å². The molecule has 4 heterocycles. The maximum atomic E-state index is 13.4. The predicted molar refractivity (Wildman–Crippen MR) is 368 cm³/mol. The molecule has 10 heteroatoms. The molecule has 0 N–H and O–H groups in total. The highest BCUT2D eigenvalue weighted by Gasteiger charge is 2.38. The van der Waals surface area contributed by atoms with E-state index in [1.807, 2.05) is 50.5 Å². The Bertz CT molecular complexity index is 3340. The van der Waals surface area contributed by atoms with Gasteiger partial charge in [0.15, 0.2) is 23.3 Å². The Morgan fingerprint density at radius 2 is 0.644 bits per heavy atom. The SMILES string of the molecule is C.C.C.Cc1nc(-c2ccc(C(C)(C)C)cc2)nc(C(F)F)c1C(C)C.Cc1nc(-c2ccc(C(C)(C)C)cc2)nc(C)c1C(C)C.Cc1nc(-c2ccc(C(C)(C)C)cc2)ncc1C(C)C.Cc1nc(-c2ccc(C3(C)CC3)cc2)ncc1C(C)C. The van der Waals surface area contributed by atoms with Crippen molar-refractivity contribution in [1.29, 1.82) is 0 Å². The van der Waals surface area contributed by atoms with Gasteiger partial charge in [-0.05, 0) is 132 Å². The standard InChI is InChI=1S/C19H24F2N2.C19H26N2.C18H22N2.C18H24N2.3CH4/c1-11(2)15-12(3)22-18(23-16(15)17(20)21)13-7-9-14(10-8-13)19(4,5)6;1-12(2)17-13(3)20-18(21-14(17)4)15-8-10-16(11-9-15)19(5,6)7;1-12(2)16-11-19-17(20-13(16)3)14-5-7-15(8-6-14)18(4)9-10-18;1-12(2)16-11-19-17(20-13(16)3)14-7-9-15(10-8-14)18(4,5)6;;;/h7-11,17H,1-6H3;8-12H,1-7H3;5-8,11-12H,9-10H2,1-4H3;7-12H,1-6H3;3*1H4. The van der Waals surface area contributed by atoms with Crippen molar-refractivity contribution in [3.8, 4) is 45.6 Å². The number of nitrogens with zero attached hydrogens (tertiary/aromatic N) is 8. The summed E-state index contributed by atoms with van der Waals surface area (Å²) >= 11 is 0. The Kier molecular flexibility index (Phi) is 25.9. The third-order valence-corrected chi connectivity index (χ3v) is 16.0. The van der Waals surface area contributed by atoms with Gasteiger partial charge in [-0.2, -0.15) is 0 Å². The van der Waals surface area contributed by atoms with Gasteiger partial charge in [-0.15, -0.1) is 0 Å². The first-order valence-corrected chi connectivity index (χ1v) is 30.2. The Hall–Kier alpha value is -6.94. The summed E-state index contributed by atoms with van der Waals surface area (Å²) in [5, 5.41) is 0. The molecule has 0 bridgehead atoms. The van der Waals surface area contributed by atoms with Crippen LogP contribution in [0.15, 0.2) is 109 Å². The summed E-state index contributed by atoms with van der Waals surface area (Å²) in [6.07, 6.45) is 3.95. The number of aryl methyl sites for hydroxylation is 5. The quantitative estimate of drug-likeness (QED) is 0.133. The molecule has 1 fully saturated rings. The molecule has 8 aromatic rings. The van der Waals surface area contributed by atoms with Gasteiger partial charge in [-0.3, -0.25) is 0 Å². The van der Waals surface area contributed by atoms with E-state index in [4.69, 9.17) is 9.97 Å². The highest BCUT2D eigenvalue weighted by Crippen LogP contribution is 2.47. The molecule has 1 aliphatic rings. The van der Waals surface area contributed by atoms with Crippen LogP contribution < -0.4 is 0 Å². The molecule has 4 aromatic carbocycles. The second-order valence-electron chi connectivity index (χ2n) is 27.6. The molecule has 0 unspecified atom stereocenters. The van der Waals surface area contributed by atoms with Crippen LogP contribution in [0.25, 0.3) is 45.6 Å². The lowest BCUT2D eigenvalue weighted by Crippen LogP contribution is -2.11. The summed E-state index contributed by atoms with van der Waals surface area (Å²) < 4.78 is 26.8. The number of alkyl halides is 2. The van der Waals surface area contributed by atoms with E-state index in [1.165, 1.54) is 51.8 Å². The molecule has 4 aromatic heterocycles. The zero-order chi connectivity index (χ0) is 62.4. The number of hydrogen-bond donors (Lipinski definition) is 0. The van der Waals surface area contributed by atoms with Crippen LogP contribution in [0.1, 0.15) is 269 Å². The second kappa shape index (κ2) is 30.3. The van der Waals surface area contributed by atoms with E-state index in [-0.39, 0.29) is 50.1 Å². The van der Waals surface area contributed by atoms with Gasteiger partial charge in [0.2, 0.25) is 0 Å². The molecule has 0 amide bonds. The maximum absolute atomic E-state index is 13.4. The van der Waals surface area contributed by atoms with E-state index >= 15 is 0 Å². The van der Waals surface area contributed by atoms with E-state index in [9.17, 15) is 8.78 Å². The Morgan fingerprint density at radius 3 is 0.908 bits per heavy atom. The topological polar surface area (TPSA) is 103 Å². The van der Waals surface area contributed by atoms with Gasteiger partial charge in [-0.25, -0.2) is 48.7 Å². The fourth-order valence-corrected chi connectivity index (χ4v) is 10.5. The highest BCUT2D eigenvalue weighted by atomic mass is 19.3. The Labute approximate surface area is 525 Å². The van der Waals surface area contributed by atoms with Crippen molar-refractivity contribution in [2.24, 2.45) is 0 Å². The van der Waals surface area contributed by atoms with E-state index in [0.717, 1.165) is 62.5 Å². The molecule has 0 radical (unpaired) electrons. The largest absolute Gasteiger partial charge is 0.280 e. The van der Waals surface area contributed by atoms with Crippen LogP contribution >= 0.6 is 0 Å². The summed E-state index contributed by atoms with van der Waals surface area (Å²) in [6.45, 7) is 49.0. The molecule has 1 aliphatic carbocycles. The minimum absolute atomic E-state index is 0. The van der Waals surface area contributed by atoms with Gasteiger partial charge in [-0.1, -0.05) is 244 Å². The first kappa shape index (κ1) is 74.3. The van der Waals surface area contributed by atoms with Crippen molar-refractivity contribution in [3.05, 3.63) is 188 Å². The molecule has 0 aliphatic heterocycles. The minimum Gasteiger partial charge on any atom is -0.236 e. The van der Waals surface area contributed by atoms with Crippen LogP contribution in [0.3, 0.4) is 0 Å². The third kappa shape index (κ3) is 19.3. The summed E-state index contributed by atoms with van der Waals surface area (Å²) in [5.74, 6) is 4.21. The highest BCUT2D eigenvalue weighted by molar-refractivity contribution is 5.60. The molecule has 8 nitrogen and oxygen atoms in total. The van der Waals surface area contributed by atoms with Crippen LogP contribution in [-0.4, -0.2) is 39.9 Å². The normalized spacial score (nSPS) is 12.7. The molecule has 0 saturated heterocycles. The van der Waals surface area contributed by atoms with Crippen molar-refractivity contribution < 1.29 is 8.78 Å². The smallest absolute Gasteiger partial charge is 0.236 e. The second-order valence-corrected chi connectivity index (χ2v) is 27.6. The first-order chi connectivity index (χ1) is 39.1. The van der Waals surface area contributed by atoms with Gasteiger partial charge in [0.1, 0.15) is 5.69 Å². The van der Waals surface area contributed by atoms with Crippen molar-refractivity contribution in [2.45, 2.75) is 246 Å². The van der Waals surface area contributed by atoms with Crippen LogP contribution in [0.2, 0.25) is 0 Å². The lowest BCUT2D eigenvalue weighted by Gasteiger charge is -2.19. The van der Waals surface area contributed by atoms with Crippen LogP contribution in [0.4, 0.5) is 8.78 Å². The molecule has 87 heavy (non-hydrogen) atoms. The summed E-state index contributed by atoms with van der Waals surface area (Å²) in [6, 6.07) is 33.8. The van der Waals surface area contributed by atoms with Crippen molar-refractivity contribution in [1.82, 2.24) is 39.9 Å². The van der Waals surface area contributed by atoms with Crippen molar-refractivity contribution in [2.75, 3.05) is 0 Å². The zero-order valence-electron chi connectivity index (χ0n) is 55.0. The average Bonchev–Trinajstić information content (AvgIpc) is 1.92. The van der Waals surface area contributed by atoms with Gasteiger partial charge < -0.3 is 0 Å². The fraction of sp³-hybridized carbons (Fsp3) is 0.481. The van der Waals surface area contributed by atoms with Crippen LogP contribution in [-0.2, 0) is 21.7 Å². The number of aromatic nitrogens is 8. The Balaban J connectivity index is 0.000000300. The zero-order valence-corrected chi connectivity index (χ0v) is 55.0. The monoisotopic (exact) mass is 1180 g/mol. The van der Waals surface area contributed by atoms with Crippen LogP contribution in [0, 0.1) is 34.6 Å². The number of rotatable bonds is 10.